The molecule has 2 heteroatoms. The normalized spacial score (nSPS) is 11.7. The number of fused-ring (bicyclic) bond motifs is 1. The molecule has 0 unspecified atom stereocenters. The van der Waals surface area contributed by atoms with E-state index in [1.807, 2.05) is 6.20 Å². The summed E-state index contributed by atoms with van der Waals surface area (Å²) < 4.78 is 0. The quantitative estimate of drug-likeness (QED) is 0.809. The van der Waals surface area contributed by atoms with Gasteiger partial charge in [0.15, 0.2) is 0 Å². The van der Waals surface area contributed by atoms with Crippen LogP contribution < -0.4 is 0 Å². The number of para-hydroxylation sites is 1. The van der Waals surface area contributed by atoms with E-state index in [4.69, 9.17) is 4.98 Å². The first kappa shape index (κ1) is 13.0. The first-order valence-corrected chi connectivity index (χ1v) is 6.79. The third kappa shape index (κ3) is 3.06. The molecule has 0 spiro atoms. The average Bonchev–Trinajstić information content (AvgIpc) is 2.28. The number of hydrogen-bond donors (Lipinski definition) is 0. The Morgan fingerprint density at radius 3 is 2.39 bits per heavy atom. The summed E-state index contributed by atoms with van der Waals surface area (Å²) in [7, 11) is 0. The van der Waals surface area contributed by atoms with Gasteiger partial charge in [-0.1, -0.05) is 45.9 Å². The molecule has 2 aromatic rings. The Kier molecular flexibility index (Phi) is 3.95. The molecular formula is C16H22N2. The van der Waals surface area contributed by atoms with Crippen molar-refractivity contribution in [1.29, 1.82) is 0 Å². The highest BCUT2D eigenvalue weighted by Gasteiger charge is 2.07. The lowest BCUT2D eigenvalue weighted by atomic mass is 10.0. The van der Waals surface area contributed by atoms with Crippen molar-refractivity contribution in [3.63, 3.8) is 0 Å². The number of aromatic nitrogens is 2. The van der Waals surface area contributed by atoms with Gasteiger partial charge in [-0.15, -0.1) is 0 Å². The lowest BCUT2D eigenvalue weighted by Crippen LogP contribution is -2.03. The zero-order valence-electron chi connectivity index (χ0n) is 11.8. The van der Waals surface area contributed by atoms with E-state index < -0.39 is 0 Å². The summed E-state index contributed by atoms with van der Waals surface area (Å²) in [5.74, 6) is 2.22. The minimum Gasteiger partial charge on any atom is -0.241 e. The Morgan fingerprint density at radius 2 is 1.72 bits per heavy atom. The molecule has 1 aromatic carbocycles. The lowest BCUT2D eigenvalue weighted by Gasteiger charge is -2.10. The molecule has 0 aliphatic heterocycles. The summed E-state index contributed by atoms with van der Waals surface area (Å²) in [6.07, 6.45) is 3.99. The van der Waals surface area contributed by atoms with Crippen molar-refractivity contribution in [2.24, 2.45) is 11.8 Å². The maximum Gasteiger partial charge on any atom is 0.129 e. The molecule has 1 heterocycles. The molecule has 2 nitrogen and oxygen atoms in total. The molecule has 0 fully saturated rings. The van der Waals surface area contributed by atoms with Crippen molar-refractivity contribution in [3.05, 3.63) is 35.8 Å². The Bertz CT molecular complexity index is 530. The molecule has 0 bridgehead atoms. The molecule has 0 saturated heterocycles. The molecule has 0 aliphatic rings. The smallest absolute Gasteiger partial charge is 0.129 e. The van der Waals surface area contributed by atoms with E-state index in [0.29, 0.717) is 11.8 Å². The van der Waals surface area contributed by atoms with Crippen molar-refractivity contribution >= 4 is 10.9 Å². The summed E-state index contributed by atoms with van der Waals surface area (Å²) in [6, 6.07) is 6.39. The number of rotatable bonds is 4. The maximum absolute atomic E-state index is 4.76. The van der Waals surface area contributed by atoms with Crippen LogP contribution in [0.4, 0.5) is 0 Å². The molecule has 0 atom stereocenters. The van der Waals surface area contributed by atoms with Crippen LogP contribution in [0.15, 0.2) is 24.4 Å². The zero-order chi connectivity index (χ0) is 13.1. The van der Waals surface area contributed by atoms with Crippen LogP contribution in [-0.4, -0.2) is 9.97 Å². The molecule has 96 valence electrons. The van der Waals surface area contributed by atoms with Gasteiger partial charge in [-0.05, 0) is 23.8 Å². The van der Waals surface area contributed by atoms with Gasteiger partial charge in [0.1, 0.15) is 5.82 Å². The summed E-state index contributed by atoms with van der Waals surface area (Å²) in [5.41, 5.74) is 2.48. The number of benzene rings is 1. The van der Waals surface area contributed by atoms with Gasteiger partial charge in [-0.25, -0.2) is 9.97 Å². The molecule has 0 radical (unpaired) electrons. The van der Waals surface area contributed by atoms with E-state index in [2.05, 4.69) is 50.9 Å². The van der Waals surface area contributed by atoms with Gasteiger partial charge in [-0.2, -0.15) is 0 Å². The largest absolute Gasteiger partial charge is 0.241 e. The van der Waals surface area contributed by atoms with Crippen LogP contribution >= 0.6 is 0 Å². The predicted octanol–water partition coefficient (Wildman–Crippen LogP) is 4.03. The predicted molar refractivity (Wildman–Crippen MR) is 76.6 cm³/mol. The van der Waals surface area contributed by atoms with E-state index in [1.54, 1.807) is 0 Å². The third-order valence-electron chi connectivity index (χ3n) is 2.96. The van der Waals surface area contributed by atoms with Crippen molar-refractivity contribution < 1.29 is 0 Å². The van der Waals surface area contributed by atoms with Crippen molar-refractivity contribution in [1.82, 2.24) is 9.97 Å². The fourth-order valence-electron chi connectivity index (χ4n) is 2.22. The van der Waals surface area contributed by atoms with E-state index >= 15 is 0 Å². The molecule has 0 amide bonds. The van der Waals surface area contributed by atoms with Gasteiger partial charge in [0.25, 0.3) is 0 Å². The Hall–Kier alpha value is -1.44. The van der Waals surface area contributed by atoms with Crippen LogP contribution in [0, 0.1) is 11.8 Å². The standard InChI is InChI=1S/C16H22N2/c1-11(2)8-13-6-5-7-14-10-17-15(9-12(3)4)18-16(13)14/h5-7,10-12H,8-9H2,1-4H3. The minimum atomic E-state index is 0.597. The van der Waals surface area contributed by atoms with E-state index in [-0.39, 0.29) is 0 Å². The van der Waals surface area contributed by atoms with Crippen LogP contribution in [0.2, 0.25) is 0 Å². The Balaban J connectivity index is 2.44. The van der Waals surface area contributed by atoms with Crippen LogP contribution in [0.25, 0.3) is 10.9 Å². The molecule has 1 aromatic heterocycles. The first-order chi connectivity index (χ1) is 8.56. The van der Waals surface area contributed by atoms with E-state index in [9.17, 15) is 0 Å². The molecule has 2 rings (SSSR count). The molecule has 0 N–H and O–H groups in total. The number of hydrogen-bond acceptors (Lipinski definition) is 2. The van der Waals surface area contributed by atoms with E-state index in [1.165, 1.54) is 5.56 Å². The van der Waals surface area contributed by atoms with Gasteiger partial charge in [-0.3, -0.25) is 0 Å². The number of nitrogens with zero attached hydrogens (tertiary/aromatic N) is 2. The minimum absolute atomic E-state index is 0.597. The average molecular weight is 242 g/mol. The monoisotopic (exact) mass is 242 g/mol. The van der Waals surface area contributed by atoms with Gasteiger partial charge < -0.3 is 0 Å². The van der Waals surface area contributed by atoms with Crippen molar-refractivity contribution in [2.75, 3.05) is 0 Å². The maximum atomic E-state index is 4.76. The topological polar surface area (TPSA) is 25.8 Å². The second-order valence-corrected chi connectivity index (χ2v) is 5.84. The highest BCUT2D eigenvalue weighted by Crippen LogP contribution is 2.19. The van der Waals surface area contributed by atoms with Crippen molar-refractivity contribution in [2.45, 2.75) is 40.5 Å². The summed E-state index contributed by atoms with van der Waals surface area (Å²) in [6.45, 7) is 8.89. The Morgan fingerprint density at radius 1 is 1.00 bits per heavy atom. The fraction of sp³-hybridized carbons (Fsp3) is 0.500. The van der Waals surface area contributed by atoms with Crippen LogP contribution in [0.1, 0.15) is 39.1 Å². The zero-order valence-corrected chi connectivity index (χ0v) is 11.8. The SMILES string of the molecule is CC(C)Cc1ncc2cccc(CC(C)C)c2n1. The first-order valence-electron chi connectivity index (χ1n) is 6.79. The molecule has 18 heavy (non-hydrogen) atoms. The second-order valence-electron chi connectivity index (χ2n) is 5.84. The molecule has 0 aliphatic carbocycles. The summed E-state index contributed by atoms with van der Waals surface area (Å²) in [4.78, 5) is 9.21. The third-order valence-corrected chi connectivity index (χ3v) is 2.96. The van der Waals surface area contributed by atoms with Gasteiger partial charge in [0.05, 0.1) is 5.52 Å². The second kappa shape index (κ2) is 5.47. The highest BCUT2D eigenvalue weighted by molar-refractivity contribution is 5.81. The van der Waals surface area contributed by atoms with Crippen molar-refractivity contribution in [3.8, 4) is 0 Å². The molecule has 0 saturated carbocycles. The van der Waals surface area contributed by atoms with Crippen LogP contribution in [0.5, 0.6) is 0 Å². The van der Waals surface area contributed by atoms with Gasteiger partial charge >= 0.3 is 0 Å². The molecular weight excluding hydrogens is 220 g/mol. The Labute approximate surface area is 109 Å². The fourth-order valence-corrected chi connectivity index (χ4v) is 2.22. The van der Waals surface area contributed by atoms with Crippen LogP contribution in [0.3, 0.4) is 0 Å². The summed E-state index contributed by atoms with van der Waals surface area (Å²) >= 11 is 0. The van der Waals surface area contributed by atoms with Crippen LogP contribution in [-0.2, 0) is 12.8 Å². The lowest BCUT2D eigenvalue weighted by molar-refractivity contribution is 0.621. The highest BCUT2D eigenvalue weighted by atomic mass is 14.9. The van der Waals surface area contributed by atoms with Gasteiger partial charge in [0.2, 0.25) is 0 Å². The van der Waals surface area contributed by atoms with E-state index in [0.717, 1.165) is 29.6 Å². The summed E-state index contributed by atoms with van der Waals surface area (Å²) in [5, 5.41) is 1.15. The van der Waals surface area contributed by atoms with Gasteiger partial charge in [0, 0.05) is 18.0 Å².